The number of rotatable bonds is 4. The molecule has 0 saturated heterocycles. The number of hydrogen-bond donors (Lipinski definition) is 0. The van der Waals surface area contributed by atoms with E-state index in [9.17, 15) is 0 Å². The molecule has 164 valence electrons. The number of fused-ring (bicyclic) bond motifs is 3. The second kappa shape index (κ2) is 8.16. The number of nitrogens with zero attached hydrogens (tertiary/aromatic N) is 3. The van der Waals surface area contributed by atoms with Gasteiger partial charge in [-0.05, 0) is 61.5 Å². The van der Waals surface area contributed by atoms with Crippen molar-refractivity contribution in [1.82, 2.24) is 14.5 Å². The first-order valence-electron chi connectivity index (χ1n) is 11.3. The molecule has 2 heterocycles. The smallest absolute Gasteiger partial charge is 0.160 e. The minimum absolute atomic E-state index is 0.712. The van der Waals surface area contributed by atoms with Crippen LogP contribution in [-0.2, 0) is 0 Å². The van der Waals surface area contributed by atoms with Gasteiger partial charge in [0.1, 0.15) is 5.75 Å². The van der Waals surface area contributed by atoms with Gasteiger partial charge in [0.2, 0.25) is 0 Å². The molecule has 2 aromatic heterocycles. The lowest BCUT2D eigenvalue weighted by molar-refractivity contribution is 0.415. The second-order valence-corrected chi connectivity index (χ2v) is 8.36. The van der Waals surface area contributed by atoms with Gasteiger partial charge in [0.05, 0.1) is 23.8 Å². The van der Waals surface area contributed by atoms with Crippen LogP contribution in [0, 0.1) is 6.92 Å². The third-order valence-electron chi connectivity index (χ3n) is 6.20. The standard InChI is InChI=1S/C30H23N3O/c1-20-19-27(32-30(31-20)22-13-17-24(34-2)18-14-22)21-11-15-23(16-12-21)33-28-9-5-3-7-25(28)26-8-4-6-10-29(26)33/h3-19H,1-2H3. The molecule has 4 aromatic carbocycles. The van der Waals surface area contributed by atoms with Crippen molar-refractivity contribution in [3.05, 3.63) is 109 Å². The fourth-order valence-electron chi connectivity index (χ4n) is 4.57. The highest BCUT2D eigenvalue weighted by Gasteiger charge is 2.12. The van der Waals surface area contributed by atoms with E-state index in [0.29, 0.717) is 5.82 Å². The number of hydrogen-bond acceptors (Lipinski definition) is 3. The maximum atomic E-state index is 5.27. The van der Waals surface area contributed by atoms with Crippen LogP contribution < -0.4 is 4.74 Å². The SMILES string of the molecule is COc1ccc(-c2nc(C)cc(-c3ccc(-n4c5ccccc5c5ccccc54)cc3)n2)cc1. The summed E-state index contributed by atoms with van der Waals surface area (Å²) in [7, 11) is 1.67. The van der Waals surface area contributed by atoms with Crippen molar-refractivity contribution in [2.75, 3.05) is 7.11 Å². The zero-order chi connectivity index (χ0) is 23.1. The minimum atomic E-state index is 0.712. The molecule has 34 heavy (non-hydrogen) atoms. The number of benzene rings is 4. The highest BCUT2D eigenvalue weighted by molar-refractivity contribution is 6.09. The summed E-state index contributed by atoms with van der Waals surface area (Å²) >= 11 is 0. The van der Waals surface area contributed by atoms with E-state index in [0.717, 1.165) is 34.0 Å². The molecule has 0 spiro atoms. The Morgan fingerprint density at radius 2 is 1.24 bits per heavy atom. The molecule has 0 fully saturated rings. The van der Waals surface area contributed by atoms with Crippen LogP contribution in [0.3, 0.4) is 0 Å². The predicted octanol–water partition coefficient (Wildman–Crippen LogP) is 7.22. The number of aromatic nitrogens is 3. The normalized spacial score (nSPS) is 11.2. The number of para-hydroxylation sites is 2. The van der Waals surface area contributed by atoms with E-state index in [1.807, 2.05) is 37.3 Å². The molecule has 0 radical (unpaired) electrons. The Morgan fingerprint density at radius 1 is 0.647 bits per heavy atom. The molecule has 0 atom stereocenters. The van der Waals surface area contributed by atoms with Crippen LogP contribution >= 0.6 is 0 Å². The maximum Gasteiger partial charge on any atom is 0.160 e. The highest BCUT2D eigenvalue weighted by Crippen LogP contribution is 2.32. The molecule has 4 heteroatoms. The van der Waals surface area contributed by atoms with Crippen molar-refractivity contribution in [3.63, 3.8) is 0 Å². The first-order valence-corrected chi connectivity index (χ1v) is 11.3. The van der Waals surface area contributed by atoms with Crippen molar-refractivity contribution >= 4 is 21.8 Å². The van der Waals surface area contributed by atoms with Crippen molar-refractivity contribution in [3.8, 4) is 34.1 Å². The molecule has 0 aliphatic heterocycles. The van der Waals surface area contributed by atoms with E-state index in [-0.39, 0.29) is 0 Å². The van der Waals surface area contributed by atoms with Crippen molar-refractivity contribution in [2.45, 2.75) is 6.92 Å². The summed E-state index contributed by atoms with van der Waals surface area (Å²) in [5.74, 6) is 1.53. The van der Waals surface area contributed by atoms with Crippen LogP contribution in [0.1, 0.15) is 5.69 Å². The fraction of sp³-hybridized carbons (Fsp3) is 0.0667. The summed E-state index contributed by atoms with van der Waals surface area (Å²) in [6.07, 6.45) is 0. The number of ether oxygens (including phenoxy) is 1. The third-order valence-corrected chi connectivity index (χ3v) is 6.20. The Labute approximate surface area is 198 Å². The molecular formula is C30H23N3O. The lowest BCUT2D eigenvalue weighted by Crippen LogP contribution is -1.96. The molecule has 0 bridgehead atoms. The van der Waals surface area contributed by atoms with Gasteiger partial charge < -0.3 is 9.30 Å². The van der Waals surface area contributed by atoms with E-state index < -0.39 is 0 Å². The third kappa shape index (κ3) is 3.41. The summed E-state index contributed by atoms with van der Waals surface area (Å²) in [5.41, 5.74) is 7.40. The largest absolute Gasteiger partial charge is 0.497 e. The van der Waals surface area contributed by atoms with Crippen molar-refractivity contribution in [2.24, 2.45) is 0 Å². The Bertz CT molecular complexity index is 1580. The predicted molar refractivity (Wildman–Crippen MR) is 139 cm³/mol. The molecule has 0 saturated carbocycles. The zero-order valence-corrected chi connectivity index (χ0v) is 19.1. The quantitative estimate of drug-likeness (QED) is 0.290. The monoisotopic (exact) mass is 441 g/mol. The van der Waals surface area contributed by atoms with Gasteiger partial charge >= 0.3 is 0 Å². The van der Waals surface area contributed by atoms with Crippen molar-refractivity contribution in [1.29, 1.82) is 0 Å². The van der Waals surface area contributed by atoms with Crippen LogP contribution in [-0.4, -0.2) is 21.6 Å². The van der Waals surface area contributed by atoms with Crippen LogP contribution in [0.4, 0.5) is 0 Å². The molecule has 6 aromatic rings. The van der Waals surface area contributed by atoms with Gasteiger partial charge in [-0.15, -0.1) is 0 Å². The fourth-order valence-corrected chi connectivity index (χ4v) is 4.57. The second-order valence-electron chi connectivity index (χ2n) is 8.36. The highest BCUT2D eigenvalue weighted by atomic mass is 16.5. The Balaban J connectivity index is 1.42. The van der Waals surface area contributed by atoms with Crippen LogP contribution in [0.25, 0.3) is 50.1 Å². The Hall–Kier alpha value is -4.44. The number of aryl methyl sites for hydroxylation is 1. The maximum absolute atomic E-state index is 5.27. The van der Waals surface area contributed by atoms with Gasteiger partial charge in [0, 0.05) is 33.3 Å². The molecule has 0 unspecified atom stereocenters. The average Bonchev–Trinajstić information content (AvgIpc) is 3.23. The molecular weight excluding hydrogens is 418 g/mol. The minimum Gasteiger partial charge on any atom is -0.497 e. The molecule has 4 nitrogen and oxygen atoms in total. The first kappa shape index (κ1) is 20.2. The van der Waals surface area contributed by atoms with E-state index >= 15 is 0 Å². The summed E-state index contributed by atoms with van der Waals surface area (Å²) in [4.78, 5) is 9.52. The van der Waals surface area contributed by atoms with Gasteiger partial charge in [-0.1, -0.05) is 48.5 Å². The molecule has 0 aliphatic rings. The summed E-state index contributed by atoms with van der Waals surface area (Å²) in [5, 5.41) is 2.52. The molecule has 6 rings (SSSR count). The Morgan fingerprint density at radius 3 is 1.85 bits per heavy atom. The molecule has 0 N–H and O–H groups in total. The summed E-state index contributed by atoms with van der Waals surface area (Å²) < 4.78 is 7.60. The van der Waals surface area contributed by atoms with E-state index in [1.165, 1.54) is 21.8 Å². The van der Waals surface area contributed by atoms with E-state index in [4.69, 9.17) is 9.72 Å². The van der Waals surface area contributed by atoms with Crippen molar-refractivity contribution < 1.29 is 4.74 Å². The lowest BCUT2D eigenvalue weighted by Gasteiger charge is -2.10. The number of methoxy groups -OCH3 is 1. The summed E-state index contributed by atoms with van der Waals surface area (Å²) in [6, 6.07) is 35.6. The lowest BCUT2D eigenvalue weighted by atomic mass is 10.1. The molecule has 0 aliphatic carbocycles. The first-order chi connectivity index (χ1) is 16.7. The van der Waals surface area contributed by atoms with Gasteiger partial charge in [-0.2, -0.15) is 0 Å². The Kier molecular flexibility index (Phi) is 4.84. The average molecular weight is 442 g/mol. The van der Waals surface area contributed by atoms with Gasteiger partial charge in [-0.25, -0.2) is 9.97 Å². The van der Waals surface area contributed by atoms with E-state index in [2.05, 4.69) is 82.3 Å². The van der Waals surface area contributed by atoms with Gasteiger partial charge in [0.25, 0.3) is 0 Å². The van der Waals surface area contributed by atoms with Gasteiger partial charge in [0.15, 0.2) is 5.82 Å². The van der Waals surface area contributed by atoms with Crippen LogP contribution in [0.15, 0.2) is 103 Å². The topological polar surface area (TPSA) is 39.9 Å². The van der Waals surface area contributed by atoms with Crippen LogP contribution in [0.2, 0.25) is 0 Å². The van der Waals surface area contributed by atoms with E-state index in [1.54, 1.807) is 7.11 Å². The molecule has 0 amide bonds. The summed E-state index contributed by atoms with van der Waals surface area (Å²) in [6.45, 7) is 2.00. The van der Waals surface area contributed by atoms with Crippen LogP contribution in [0.5, 0.6) is 5.75 Å². The van der Waals surface area contributed by atoms with Gasteiger partial charge in [-0.3, -0.25) is 0 Å². The zero-order valence-electron chi connectivity index (χ0n) is 19.1.